The lowest BCUT2D eigenvalue weighted by atomic mass is 9.84. The van der Waals surface area contributed by atoms with E-state index >= 15 is 0 Å². The Hall–Kier alpha value is -3.87. The van der Waals surface area contributed by atoms with E-state index < -0.39 is 0 Å². The van der Waals surface area contributed by atoms with Gasteiger partial charge in [0.05, 0.1) is 35.5 Å². The number of rotatable bonds is 6. The van der Waals surface area contributed by atoms with Crippen LogP contribution in [-0.2, 0) is 6.54 Å². The first-order chi connectivity index (χ1) is 16.1. The molecule has 1 aliphatic heterocycles. The zero-order valence-electron chi connectivity index (χ0n) is 19.1. The molecule has 1 aliphatic rings. The fraction of sp³-hybridized carbons (Fsp3) is 0.269. The molecular weight excluding hydrogens is 414 g/mol. The third-order valence-electron chi connectivity index (χ3n) is 6.12. The number of unbranched alkanes of at least 4 members (excludes halogenated alkanes) is 1. The Bertz CT molecular complexity index is 1340. The fourth-order valence-corrected chi connectivity index (χ4v) is 4.40. The predicted octanol–water partition coefficient (Wildman–Crippen LogP) is 4.95. The van der Waals surface area contributed by atoms with Gasteiger partial charge in [0, 0.05) is 6.54 Å². The molecule has 5 rings (SSSR count). The molecule has 2 aromatic carbocycles. The van der Waals surface area contributed by atoms with Crippen molar-refractivity contribution in [2.45, 2.75) is 39.2 Å². The Morgan fingerprint density at radius 1 is 1.06 bits per heavy atom. The number of fused-ring (bicyclic) bond motifs is 2. The van der Waals surface area contributed by atoms with Crippen LogP contribution in [0, 0.1) is 12.3 Å². The van der Waals surface area contributed by atoms with Gasteiger partial charge < -0.3 is 14.0 Å². The molecular formula is C26H27N5O2. The lowest BCUT2D eigenvalue weighted by molar-refractivity contribution is 0.393. The quantitative estimate of drug-likeness (QED) is 0.404. The zero-order chi connectivity index (χ0) is 22.9. The largest absolute Gasteiger partial charge is 0.497 e. The molecule has 3 heterocycles. The van der Waals surface area contributed by atoms with Crippen LogP contribution in [0.1, 0.15) is 48.1 Å². The Kier molecular flexibility index (Phi) is 5.46. The van der Waals surface area contributed by atoms with E-state index in [4.69, 9.17) is 20.0 Å². The number of hydrogen-bond acceptors (Lipinski definition) is 5. The van der Waals surface area contributed by atoms with Crippen molar-refractivity contribution < 1.29 is 9.47 Å². The smallest absolute Gasteiger partial charge is 0.230 e. The standard InChI is InChI=1S/C26H27N5O2/c1-4-5-15-30-16-28-25-23(24(30)27)22(18-11-13-20(32-3)14-12-18)21-17(2)29-31(26(21)33-25)19-9-7-6-8-10-19/h6-14,16,22,27H,4-5,15H2,1-3H3. The SMILES string of the molecule is CCCCn1cnc2c(c1=N)C(c1ccc(OC)cc1)c1c(C)nn(-c3ccccc3)c1O2. The topological polar surface area (TPSA) is 78.0 Å². The van der Waals surface area contributed by atoms with E-state index in [9.17, 15) is 0 Å². The van der Waals surface area contributed by atoms with Crippen molar-refractivity contribution in [2.24, 2.45) is 0 Å². The predicted molar refractivity (Wildman–Crippen MR) is 125 cm³/mol. The van der Waals surface area contributed by atoms with Gasteiger partial charge in [0.1, 0.15) is 17.6 Å². The van der Waals surface area contributed by atoms with Crippen LogP contribution in [0.3, 0.4) is 0 Å². The van der Waals surface area contributed by atoms with Crippen molar-refractivity contribution in [1.29, 1.82) is 5.41 Å². The minimum atomic E-state index is -0.221. The molecule has 0 spiro atoms. The number of para-hydroxylation sites is 1. The Morgan fingerprint density at radius 3 is 2.52 bits per heavy atom. The third-order valence-corrected chi connectivity index (χ3v) is 6.12. The van der Waals surface area contributed by atoms with E-state index in [0.29, 0.717) is 17.2 Å². The number of hydrogen-bond donors (Lipinski definition) is 1. The highest BCUT2D eigenvalue weighted by Gasteiger charge is 2.37. The molecule has 0 radical (unpaired) electrons. The van der Waals surface area contributed by atoms with Crippen LogP contribution in [0.5, 0.6) is 17.5 Å². The van der Waals surface area contributed by atoms with Crippen LogP contribution in [-0.4, -0.2) is 26.4 Å². The molecule has 0 amide bonds. The van der Waals surface area contributed by atoms with Gasteiger partial charge in [-0.15, -0.1) is 0 Å². The Morgan fingerprint density at radius 2 is 1.82 bits per heavy atom. The van der Waals surface area contributed by atoms with Gasteiger partial charge in [-0.05, 0) is 43.2 Å². The van der Waals surface area contributed by atoms with Gasteiger partial charge in [0.2, 0.25) is 11.8 Å². The van der Waals surface area contributed by atoms with E-state index in [2.05, 4.69) is 11.9 Å². The highest BCUT2D eigenvalue weighted by molar-refractivity contribution is 5.57. The van der Waals surface area contributed by atoms with Gasteiger partial charge >= 0.3 is 0 Å². The van der Waals surface area contributed by atoms with Gasteiger partial charge in [-0.25, -0.2) is 9.67 Å². The van der Waals surface area contributed by atoms with E-state index in [1.54, 1.807) is 13.4 Å². The maximum absolute atomic E-state index is 9.04. The summed E-state index contributed by atoms with van der Waals surface area (Å²) in [5, 5.41) is 13.9. The van der Waals surface area contributed by atoms with Crippen molar-refractivity contribution in [3.8, 4) is 23.2 Å². The molecule has 0 saturated heterocycles. The number of benzene rings is 2. The summed E-state index contributed by atoms with van der Waals surface area (Å²) in [7, 11) is 1.66. The number of aromatic nitrogens is 4. The maximum atomic E-state index is 9.04. The number of nitrogens with zero attached hydrogens (tertiary/aromatic N) is 4. The third kappa shape index (κ3) is 3.59. The number of nitrogens with one attached hydrogen (secondary N) is 1. The van der Waals surface area contributed by atoms with E-state index in [1.807, 2.05) is 70.8 Å². The van der Waals surface area contributed by atoms with E-state index in [-0.39, 0.29) is 5.92 Å². The van der Waals surface area contributed by atoms with Crippen LogP contribution < -0.4 is 15.0 Å². The van der Waals surface area contributed by atoms with Crippen LogP contribution in [0.25, 0.3) is 5.69 Å². The summed E-state index contributed by atoms with van der Waals surface area (Å²) in [4.78, 5) is 4.64. The highest BCUT2D eigenvalue weighted by atomic mass is 16.5. The van der Waals surface area contributed by atoms with Gasteiger partial charge in [-0.1, -0.05) is 43.7 Å². The molecule has 0 aliphatic carbocycles. The normalized spacial score (nSPS) is 14.3. The van der Waals surface area contributed by atoms with E-state index in [0.717, 1.165) is 53.2 Å². The second-order valence-corrected chi connectivity index (χ2v) is 8.22. The minimum absolute atomic E-state index is 0.221. The van der Waals surface area contributed by atoms with Gasteiger partial charge in [-0.2, -0.15) is 5.10 Å². The fourth-order valence-electron chi connectivity index (χ4n) is 4.40. The molecule has 4 aromatic rings. The van der Waals surface area contributed by atoms with Gasteiger partial charge in [-0.3, -0.25) is 5.41 Å². The average molecular weight is 442 g/mol. The maximum Gasteiger partial charge on any atom is 0.230 e. The Labute approximate surface area is 192 Å². The summed E-state index contributed by atoms with van der Waals surface area (Å²) in [6.45, 7) is 4.89. The van der Waals surface area contributed by atoms with Crippen LogP contribution in [0.4, 0.5) is 0 Å². The molecule has 33 heavy (non-hydrogen) atoms. The van der Waals surface area contributed by atoms with Crippen molar-refractivity contribution in [1.82, 2.24) is 19.3 Å². The van der Waals surface area contributed by atoms with Crippen LogP contribution in [0.15, 0.2) is 60.9 Å². The molecule has 7 nitrogen and oxygen atoms in total. The summed E-state index contributed by atoms with van der Waals surface area (Å²) >= 11 is 0. The lowest BCUT2D eigenvalue weighted by Crippen LogP contribution is -2.30. The van der Waals surface area contributed by atoms with Crippen molar-refractivity contribution >= 4 is 0 Å². The van der Waals surface area contributed by atoms with Crippen LogP contribution >= 0.6 is 0 Å². The lowest BCUT2D eigenvalue weighted by Gasteiger charge is -2.27. The molecule has 2 aromatic heterocycles. The summed E-state index contributed by atoms with van der Waals surface area (Å²) in [5.74, 6) is 1.67. The molecule has 1 N–H and O–H groups in total. The van der Waals surface area contributed by atoms with Gasteiger partial charge in [0.15, 0.2) is 0 Å². The molecule has 0 fully saturated rings. The summed E-state index contributed by atoms with van der Waals surface area (Å²) in [5.41, 5.74) is 4.97. The molecule has 0 bridgehead atoms. The summed E-state index contributed by atoms with van der Waals surface area (Å²) in [6, 6.07) is 17.9. The number of ether oxygens (including phenoxy) is 2. The van der Waals surface area contributed by atoms with Crippen molar-refractivity contribution in [2.75, 3.05) is 7.11 Å². The van der Waals surface area contributed by atoms with Crippen molar-refractivity contribution in [3.63, 3.8) is 0 Å². The molecule has 168 valence electrons. The summed E-state index contributed by atoms with van der Waals surface area (Å²) < 4.78 is 15.5. The number of methoxy groups -OCH3 is 1. The Balaban J connectivity index is 1.74. The van der Waals surface area contributed by atoms with Gasteiger partial charge in [0.25, 0.3) is 0 Å². The second kappa shape index (κ2) is 8.58. The average Bonchev–Trinajstić information content (AvgIpc) is 3.19. The zero-order valence-corrected chi connectivity index (χ0v) is 19.1. The molecule has 7 heteroatoms. The second-order valence-electron chi connectivity index (χ2n) is 8.22. The minimum Gasteiger partial charge on any atom is -0.497 e. The molecule has 1 unspecified atom stereocenters. The highest BCUT2D eigenvalue weighted by Crippen LogP contribution is 2.47. The van der Waals surface area contributed by atoms with Crippen molar-refractivity contribution in [3.05, 3.63) is 88.8 Å². The van der Waals surface area contributed by atoms with E-state index in [1.165, 1.54) is 0 Å². The first-order valence-electron chi connectivity index (χ1n) is 11.2. The first-order valence-corrected chi connectivity index (χ1v) is 11.2. The number of aryl methyl sites for hydroxylation is 2. The monoisotopic (exact) mass is 441 g/mol. The molecule has 1 atom stereocenters. The first kappa shape index (κ1) is 21.0. The van der Waals surface area contributed by atoms with Crippen LogP contribution in [0.2, 0.25) is 0 Å². The summed E-state index contributed by atoms with van der Waals surface area (Å²) in [6.07, 6.45) is 3.75. The molecule has 0 saturated carbocycles.